The highest BCUT2D eigenvalue weighted by Crippen LogP contribution is 2.29. The van der Waals surface area contributed by atoms with Gasteiger partial charge in [0.05, 0.1) is 6.61 Å². The fourth-order valence-electron chi connectivity index (χ4n) is 1.09. The number of aliphatic hydroxyl groups is 5. The van der Waals surface area contributed by atoms with Gasteiger partial charge in [0.25, 0.3) is 0 Å². The van der Waals surface area contributed by atoms with Crippen LogP contribution in [0.25, 0.3) is 0 Å². The first-order valence-corrected chi connectivity index (χ1v) is 4.45. The van der Waals surface area contributed by atoms with Gasteiger partial charge < -0.3 is 30.3 Å². The minimum Gasteiger partial charge on any atom is -0.393 e. The van der Waals surface area contributed by atoms with Crippen LogP contribution in [-0.2, 0) is 4.79 Å². The van der Waals surface area contributed by atoms with Crippen molar-refractivity contribution in [1.29, 1.82) is 0 Å². The Morgan fingerprint density at radius 1 is 1.20 bits per heavy atom. The van der Waals surface area contributed by atoms with Gasteiger partial charge in [-0.2, -0.15) is 0 Å². The molecule has 0 fully saturated rings. The molecule has 15 heavy (non-hydrogen) atoms. The molecule has 6 heteroatoms. The molecule has 0 aromatic heterocycles. The zero-order chi connectivity index (χ0) is 12.5. The van der Waals surface area contributed by atoms with E-state index in [0.29, 0.717) is 0 Å². The predicted molar refractivity (Wildman–Crippen MR) is 51.0 cm³/mol. The van der Waals surface area contributed by atoms with Crippen LogP contribution < -0.4 is 0 Å². The zero-order valence-electron chi connectivity index (χ0n) is 9.01. The molecule has 0 bridgehead atoms. The summed E-state index contributed by atoms with van der Waals surface area (Å²) in [5.74, 6) is 0. The molecular formula is C9H18O6. The van der Waals surface area contributed by atoms with Crippen molar-refractivity contribution in [2.45, 2.75) is 43.7 Å². The van der Waals surface area contributed by atoms with Crippen LogP contribution in [0.3, 0.4) is 0 Å². The van der Waals surface area contributed by atoms with E-state index in [1.165, 1.54) is 0 Å². The molecule has 0 radical (unpaired) electrons. The highest BCUT2D eigenvalue weighted by Gasteiger charge is 2.53. The van der Waals surface area contributed by atoms with Crippen molar-refractivity contribution in [1.82, 2.24) is 0 Å². The molecule has 0 amide bonds. The van der Waals surface area contributed by atoms with Gasteiger partial charge in [0.15, 0.2) is 6.29 Å². The van der Waals surface area contributed by atoms with Crippen molar-refractivity contribution < 1.29 is 30.3 Å². The summed E-state index contributed by atoms with van der Waals surface area (Å²) in [7, 11) is 0. The van der Waals surface area contributed by atoms with E-state index in [9.17, 15) is 25.2 Å². The number of hydrogen-bond donors (Lipinski definition) is 5. The smallest absolute Gasteiger partial charge is 0.154 e. The standard InChI is InChI=1S/C9H18O6/c1-7(13,4-10)6(12)9(3,15)8(2,14)5-11/h5-6,10,12-15H,4H2,1-3H3/t6-,7-,8+,9+/m1/s1. The third kappa shape index (κ3) is 2.53. The third-order valence-electron chi connectivity index (χ3n) is 2.70. The SMILES string of the molecule is C[C@](O)(C=O)[C@@](C)(O)[C@H](O)[C@](C)(O)CO. The highest BCUT2D eigenvalue weighted by atomic mass is 16.4. The highest BCUT2D eigenvalue weighted by molar-refractivity contribution is 5.64. The molecule has 4 atom stereocenters. The van der Waals surface area contributed by atoms with E-state index in [4.69, 9.17) is 5.11 Å². The molecule has 0 aromatic rings. The summed E-state index contributed by atoms with van der Waals surface area (Å²) < 4.78 is 0. The molecular weight excluding hydrogens is 204 g/mol. The number of aldehydes is 1. The molecule has 0 spiro atoms. The summed E-state index contributed by atoms with van der Waals surface area (Å²) in [6.45, 7) is 2.25. The van der Waals surface area contributed by atoms with Gasteiger partial charge in [-0.15, -0.1) is 0 Å². The summed E-state index contributed by atoms with van der Waals surface area (Å²) in [5, 5.41) is 47.2. The van der Waals surface area contributed by atoms with Gasteiger partial charge in [0.2, 0.25) is 0 Å². The zero-order valence-corrected chi connectivity index (χ0v) is 9.01. The Balaban J connectivity index is 5.12. The van der Waals surface area contributed by atoms with Crippen LogP contribution in [0.1, 0.15) is 20.8 Å². The monoisotopic (exact) mass is 222 g/mol. The molecule has 0 heterocycles. The van der Waals surface area contributed by atoms with Gasteiger partial charge in [-0.05, 0) is 20.8 Å². The number of rotatable bonds is 5. The van der Waals surface area contributed by atoms with Crippen molar-refractivity contribution in [2.24, 2.45) is 0 Å². The lowest BCUT2D eigenvalue weighted by Crippen LogP contribution is -2.65. The Morgan fingerprint density at radius 3 is 1.87 bits per heavy atom. The van der Waals surface area contributed by atoms with Crippen LogP contribution >= 0.6 is 0 Å². The summed E-state index contributed by atoms with van der Waals surface area (Å²) >= 11 is 0. The van der Waals surface area contributed by atoms with E-state index in [2.05, 4.69) is 0 Å². The second-order valence-electron chi connectivity index (χ2n) is 4.33. The molecule has 0 aliphatic heterocycles. The van der Waals surface area contributed by atoms with Gasteiger partial charge in [0, 0.05) is 0 Å². The van der Waals surface area contributed by atoms with Gasteiger partial charge in [-0.1, -0.05) is 0 Å². The number of carbonyl (C=O) groups excluding carboxylic acids is 1. The predicted octanol–water partition coefficient (Wildman–Crippen LogP) is -2.21. The summed E-state index contributed by atoms with van der Waals surface area (Å²) in [5.41, 5.74) is -6.52. The Kier molecular flexibility index (Phi) is 4.00. The Bertz CT molecular complexity index is 233. The van der Waals surface area contributed by atoms with E-state index in [-0.39, 0.29) is 6.29 Å². The first-order valence-electron chi connectivity index (χ1n) is 4.45. The van der Waals surface area contributed by atoms with E-state index in [0.717, 1.165) is 20.8 Å². The maximum Gasteiger partial charge on any atom is 0.154 e. The van der Waals surface area contributed by atoms with Crippen LogP contribution in [0.4, 0.5) is 0 Å². The maximum absolute atomic E-state index is 10.5. The first kappa shape index (κ1) is 14.5. The minimum atomic E-state index is -2.28. The van der Waals surface area contributed by atoms with Crippen LogP contribution in [0.5, 0.6) is 0 Å². The lowest BCUT2D eigenvalue weighted by Gasteiger charge is -2.43. The van der Waals surface area contributed by atoms with Crippen molar-refractivity contribution in [3.8, 4) is 0 Å². The van der Waals surface area contributed by atoms with Crippen LogP contribution in [-0.4, -0.2) is 61.3 Å². The van der Waals surface area contributed by atoms with Gasteiger partial charge in [-0.3, -0.25) is 0 Å². The van der Waals surface area contributed by atoms with Crippen molar-refractivity contribution in [3.63, 3.8) is 0 Å². The molecule has 0 aliphatic rings. The Labute approximate surface area is 87.8 Å². The molecule has 0 saturated heterocycles. The average molecular weight is 222 g/mol. The maximum atomic E-state index is 10.5. The summed E-state index contributed by atoms with van der Waals surface area (Å²) in [4.78, 5) is 10.5. The normalized spacial score (nSPS) is 25.9. The Morgan fingerprint density at radius 2 is 1.60 bits per heavy atom. The molecule has 0 rings (SSSR count). The van der Waals surface area contributed by atoms with Crippen LogP contribution in [0.15, 0.2) is 0 Å². The van der Waals surface area contributed by atoms with E-state index in [1.54, 1.807) is 0 Å². The molecule has 6 nitrogen and oxygen atoms in total. The number of carbonyl (C=O) groups is 1. The molecule has 0 aliphatic carbocycles. The molecule has 0 unspecified atom stereocenters. The van der Waals surface area contributed by atoms with E-state index >= 15 is 0 Å². The lowest BCUT2D eigenvalue weighted by molar-refractivity contribution is -0.227. The second kappa shape index (κ2) is 4.15. The molecule has 0 aromatic carbocycles. The van der Waals surface area contributed by atoms with Gasteiger partial charge >= 0.3 is 0 Å². The average Bonchev–Trinajstić information content (AvgIpc) is 2.16. The first-order chi connectivity index (χ1) is 6.53. The van der Waals surface area contributed by atoms with Crippen molar-refractivity contribution in [3.05, 3.63) is 0 Å². The topological polar surface area (TPSA) is 118 Å². The van der Waals surface area contributed by atoms with E-state index in [1.807, 2.05) is 0 Å². The fraction of sp³-hybridized carbons (Fsp3) is 0.889. The number of hydrogen-bond acceptors (Lipinski definition) is 6. The lowest BCUT2D eigenvalue weighted by atomic mass is 9.76. The quantitative estimate of drug-likeness (QED) is 0.337. The number of aliphatic hydroxyl groups excluding tert-OH is 2. The third-order valence-corrected chi connectivity index (χ3v) is 2.70. The summed E-state index contributed by atoms with van der Waals surface area (Å²) in [6, 6.07) is 0. The van der Waals surface area contributed by atoms with Crippen LogP contribution in [0.2, 0.25) is 0 Å². The molecule has 90 valence electrons. The van der Waals surface area contributed by atoms with Crippen molar-refractivity contribution >= 4 is 6.29 Å². The van der Waals surface area contributed by atoms with E-state index < -0.39 is 29.5 Å². The second-order valence-corrected chi connectivity index (χ2v) is 4.33. The molecule has 5 N–H and O–H groups in total. The fourth-order valence-corrected chi connectivity index (χ4v) is 1.09. The summed E-state index contributed by atoms with van der Waals surface area (Å²) in [6.07, 6.45) is -1.82. The Hall–Kier alpha value is -0.530. The minimum absolute atomic E-state index is 0.0592. The molecule has 0 saturated carbocycles. The largest absolute Gasteiger partial charge is 0.393 e. The van der Waals surface area contributed by atoms with Crippen LogP contribution in [0, 0.1) is 0 Å². The van der Waals surface area contributed by atoms with Crippen molar-refractivity contribution in [2.75, 3.05) is 6.61 Å². The van der Waals surface area contributed by atoms with Gasteiger partial charge in [0.1, 0.15) is 22.9 Å². The van der Waals surface area contributed by atoms with Gasteiger partial charge in [-0.25, -0.2) is 0 Å².